The molecule has 138 valence electrons. The Balaban J connectivity index is 1.54. The zero-order chi connectivity index (χ0) is 18.9. The number of pyridine rings is 1. The maximum Gasteiger partial charge on any atom is 0.261 e. The quantitative estimate of drug-likeness (QED) is 0.582. The number of rotatable bonds is 5. The van der Waals surface area contributed by atoms with E-state index < -0.39 is 10.0 Å². The fourth-order valence-corrected chi connectivity index (χ4v) is 5.33. The van der Waals surface area contributed by atoms with Crippen molar-refractivity contribution in [1.29, 1.82) is 0 Å². The van der Waals surface area contributed by atoms with Gasteiger partial charge in [0.05, 0.1) is 15.5 Å². The first-order valence-electron chi connectivity index (χ1n) is 8.19. The number of anilines is 2. The molecule has 1 aliphatic heterocycles. The van der Waals surface area contributed by atoms with E-state index in [1.54, 1.807) is 60.1 Å². The van der Waals surface area contributed by atoms with Gasteiger partial charge in [0.25, 0.3) is 10.0 Å². The van der Waals surface area contributed by atoms with Crippen molar-refractivity contribution in [2.24, 2.45) is 0 Å². The zero-order valence-corrected chi connectivity index (χ0v) is 16.9. The number of thioether (sulfide) groups is 2. The van der Waals surface area contributed by atoms with Crippen LogP contribution in [0.5, 0.6) is 0 Å². The molecular formula is C19H17N3O2S3. The van der Waals surface area contributed by atoms with Crippen molar-refractivity contribution >= 4 is 44.9 Å². The molecule has 1 aliphatic rings. The van der Waals surface area contributed by atoms with Crippen LogP contribution in [-0.2, 0) is 10.0 Å². The Morgan fingerprint density at radius 3 is 2.70 bits per heavy atom. The highest BCUT2D eigenvalue weighted by Gasteiger charge is 2.23. The molecule has 0 spiro atoms. The fraction of sp³-hybridized carbons (Fsp3) is 0.105. The van der Waals surface area contributed by atoms with E-state index >= 15 is 0 Å². The number of sulfonamides is 1. The Morgan fingerprint density at radius 1 is 1.15 bits per heavy atom. The van der Waals surface area contributed by atoms with Crippen molar-refractivity contribution in [2.45, 2.75) is 20.1 Å². The van der Waals surface area contributed by atoms with Crippen LogP contribution in [0.1, 0.15) is 10.9 Å². The summed E-state index contributed by atoms with van der Waals surface area (Å²) in [5.41, 5.74) is 2.58. The molecule has 0 aliphatic carbocycles. The number of nitrogens with zero attached hydrogens (tertiary/aromatic N) is 1. The van der Waals surface area contributed by atoms with Crippen LogP contribution in [0.2, 0.25) is 0 Å². The van der Waals surface area contributed by atoms with Crippen LogP contribution in [0.25, 0.3) is 0 Å². The lowest BCUT2D eigenvalue weighted by atomic mass is 10.2. The first-order chi connectivity index (χ1) is 13.0. The largest absolute Gasteiger partial charge is 0.368 e. The Kier molecular flexibility index (Phi) is 5.03. The summed E-state index contributed by atoms with van der Waals surface area (Å²) in [6.07, 6.45) is 5.54. The topological polar surface area (TPSA) is 71.1 Å². The predicted octanol–water partition coefficient (Wildman–Crippen LogP) is 4.82. The molecule has 27 heavy (non-hydrogen) atoms. The van der Waals surface area contributed by atoms with Crippen molar-refractivity contribution in [3.05, 3.63) is 72.6 Å². The molecule has 3 aromatic rings. The number of benzene rings is 2. The molecule has 5 nitrogen and oxygen atoms in total. The second kappa shape index (κ2) is 7.46. The molecule has 1 unspecified atom stereocenters. The standard InChI is InChI=1S/C19H17N3O2S3/c1-25-15-5-7-16(8-6-15)27(23,24)22-14-4-2-3-13(11-14)19-21-17-9-10-20-12-18(17)26-19/h2-12,19,21-22H,1H3. The lowest BCUT2D eigenvalue weighted by Crippen LogP contribution is -2.13. The Bertz CT molecular complexity index is 1040. The van der Waals surface area contributed by atoms with Gasteiger partial charge in [-0.2, -0.15) is 0 Å². The smallest absolute Gasteiger partial charge is 0.261 e. The first-order valence-corrected chi connectivity index (χ1v) is 11.8. The Hall–Kier alpha value is -2.16. The maximum atomic E-state index is 12.7. The van der Waals surface area contributed by atoms with Crippen molar-refractivity contribution in [3.63, 3.8) is 0 Å². The number of aromatic nitrogens is 1. The molecule has 0 radical (unpaired) electrons. The molecule has 1 aromatic heterocycles. The van der Waals surface area contributed by atoms with Crippen LogP contribution < -0.4 is 10.0 Å². The van der Waals surface area contributed by atoms with Gasteiger partial charge in [0.15, 0.2) is 0 Å². The van der Waals surface area contributed by atoms with Gasteiger partial charge in [-0.25, -0.2) is 8.42 Å². The summed E-state index contributed by atoms with van der Waals surface area (Å²) in [6.45, 7) is 0. The lowest BCUT2D eigenvalue weighted by molar-refractivity contribution is 0.601. The molecule has 0 saturated heterocycles. The second-order valence-electron chi connectivity index (χ2n) is 5.92. The fourth-order valence-electron chi connectivity index (χ4n) is 2.78. The molecule has 0 bridgehead atoms. The van der Waals surface area contributed by atoms with Crippen molar-refractivity contribution in [3.8, 4) is 0 Å². The third-order valence-corrected chi connectivity index (χ3v) is 7.47. The number of hydrogen-bond acceptors (Lipinski definition) is 6. The molecule has 0 amide bonds. The average Bonchev–Trinajstić information content (AvgIpc) is 3.12. The number of fused-ring (bicyclic) bond motifs is 1. The molecule has 8 heteroatoms. The van der Waals surface area contributed by atoms with Gasteiger partial charge in [0, 0.05) is 23.0 Å². The summed E-state index contributed by atoms with van der Waals surface area (Å²) >= 11 is 3.24. The van der Waals surface area contributed by atoms with Crippen molar-refractivity contribution < 1.29 is 8.42 Å². The minimum Gasteiger partial charge on any atom is -0.368 e. The zero-order valence-electron chi connectivity index (χ0n) is 14.4. The highest BCUT2D eigenvalue weighted by atomic mass is 32.2. The van der Waals surface area contributed by atoms with Gasteiger partial charge in [0.1, 0.15) is 5.37 Å². The van der Waals surface area contributed by atoms with Crippen LogP contribution in [0, 0.1) is 0 Å². The van der Waals surface area contributed by atoms with Crippen molar-refractivity contribution in [1.82, 2.24) is 4.98 Å². The molecule has 2 heterocycles. The highest BCUT2D eigenvalue weighted by molar-refractivity contribution is 8.00. The van der Waals surface area contributed by atoms with Crippen LogP contribution in [0.15, 0.2) is 81.7 Å². The van der Waals surface area contributed by atoms with Crippen LogP contribution in [0.4, 0.5) is 11.4 Å². The summed E-state index contributed by atoms with van der Waals surface area (Å²) in [4.78, 5) is 6.50. The van der Waals surface area contributed by atoms with E-state index in [4.69, 9.17) is 0 Å². The summed E-state index contributed by atoms with van der Waals surface area (Å²) in [5.74, 6) is 0. The number of nitrogens with one attached hydrogen (secondary N) is 2. The Labute approximate surface area is 167 Å². The van der Waals surface area contributed by atoms with E-state index in [9.17, 15) is 8.42 Å². The summed E-state index contributed by atoms with van der Waals surface area (Å²) in [7, 11) is -3.63. The van der Waals surface area contributed by atoms with Gasteiger partial charge in [-0.15, -0.1) is 11.8 Å². The van der Waals surface area contributed by atoms with Gasteiger partial charge in [-0.3, -0.25) is 9.71 Å². The third kappa shape index (κ3) is 3.92. The van der Waals surface area contributed by atoms with Crippen LogP contribution in [0.3, 0.4) is 0 Å². The highest BCUT2D eigenvalue weighted by Crippen LogP contribution is 2.46. The predicted molar refractivity (Wildman–Crippen MR) is 112 cm³/mol. The van der Waals surface area contributed by atoms with Crippen LogP contribution in [-0.4, -0.2) is 19.7 Å². The molecule has 1 atom stereocenters. The van der Waals surface area contributed by atoms with Gasteiger partial charge in [0.2, 0.25) is 0 Å². The van der Waals surface area contributed by atoms with Gasteiger partial charge >= 0.3 is 0 Å². The lowest BCUT2D eigenvalue weighted by Gasteiger charge is -2.14. The monoisotopic (exact) mass is 415 g/mol. The molecule has 0 fully saturated rings. The van der Waals surface area contributed by atoms with E-state index in [2.05, 4.69) is 15.0 Å². The van der Waals surface area contributed by atoms with Gasteiger partial charge in [-0.1, -0.05) is 23.9 Å². The average molecular weight is 416 g/mol. The number of hydrogen-bond donors (Lipinski definition) is 2. The minimum absolute atomic E-state index is 0.0227. The Morgan fingerprint density at radius 2 is 1.96 bits per heavy atom. The van der Waals surface area contributed by atoms with Gasteiger partial charge in [-0.05, 0) is 54.3 Å². The second-order valence-corrected chi connectivity index (χ2v) is 9.63. The first kappa shape index (κ1) is 18.2. The molecular weight excluding hydrogens is 398 g/mol. The van der Waals surface area contributed by atoms with Gasteiger partial charge < -0.3 is 5.32 Å². The van der Waals surface area contributed by atoms with E-state index in [1.807, 2.05) is 36.7 Å². The van der Waals surface area contributed by atoms with E-state index in [-0.39, 0.29) is 10.3 Å². The molecule has 2 N–H and O–H groups in total. The molecule has 2 aromatic carbocycles. The maximum absolute atomic E-state index is 12.7. The third-order valence-electron chi connectivity index (χ3n) is 4.13. The van der Waals surface area contributed by atoms with Crippen LogP contribution >= 0.6 is 23.5 Å². The minimum atomic E-state index is -3.63. The van der Waals surface area contributed by atoms with E-state index in [1.165, 1.54) is 0 Å². The van der Waals surface area contributed by atoms with E-state index in [0.29, 0.717) is 5.69 Å². The molecule has 0 saturated carbocycles. The molecule has 4 rings (SSSR count). The van der Waals surface area contributed by atoms with E-state index in [0.717, 1.165) is 21.0 Å². The summed E-state index contributed by atoms with van der Waals surface area (Å²) in [5, 5.41) is 3.45. The van der Waals surface area contributed by atoms with Crippen molar-refractivity contribution in [2.75, 3.05) is 16.3 Å². The SMILES string of the molecule is CSc1ccc(S(=O)(=O)Nc2cccc(C3Nc4ccncc4S3)c2)cc1. The summed E-state index contributed by atoms with van der Waals surface area (Å²) in [6, 6.07) is 16.2. The normalized spacial score (nSPS) is 15.8. The summed E-state index contributed by atoms with van der Waals surface area (Å²) < 4.78 is 28.0.